The molecule has 0 spiro atoms. The number of carbonyl (C=O) groups excluding carboxylic acids is 1. The third kappa shape index (κ3) is 4.71. The summed E-state index contributed by atoms with van der Waals surface area (Å²) in [4.78, 5) is 32.8. The normalized spacial score (nSPS) is 11.0. The van der Waals surface area contributed by atoms with Crippen LogP contribution in [-0.2, 0) is 4.79 Å². The van der Waals surface area contributed by atoms with Crippen molar-refractivity contribution in [1.82, 2.24) is 5.32 Å². The average molecular weight is 315 g/mol. The minimum absolute atomic E-state index is 0.0192. The Hall–Kier alpha value is -2.15. The Kier molecular flexibility index (Phi) is 5.26. The quantitative estimate of drug-likeness (QED) is 0.619. The highest BCUT2D eigenvalue weighted by molar-refractivity contribution is 6.35. The van der Waals surface area contributed by atoms with Crippen LogP contribution in [0.1, 0.15) is 37.0 Å². The van der Waals surface area contributed by atoms with Gasteiger partial charge in [-0.2, -0.15) is 0 Å². The van der Waals surface area contributed by atoms with Gasteiger partial charge in [-0.3, -0.25) is 19.7 Å². The van der Waals surface area contributed by atoms with Gasteiger partial charge in [-0.25, -0.2) is 0 Å². The second-order valence-corrected chi connectivity index (χ2v) is 5.51. The van der Waals surface area contributed by atoms with Gasteiger partial charge in [-0.1, -0.05) is 17.7 Å². The van der Waals surface area contributed by atoms with Crippen molar-refractivity contribution in [2.24, 2.45) is 0 Å². The highest BCUT2D eigenvalue weighted by Gasteiger charge is 2.25. The van der Waals surface area contributed by atoms with Crippen molar-refractivity contribution in [3.63, 3.8) is 0 Å². The number of halogens is 1. The number of carboxylic acids is 1. The predicted octanol–water partition coefficient (Wildman–Crippen LogP) is 2.62. The van der Waals surface area contributed by atoms with E-state index in [4.69, 9.17) is 16.7 Å². The fourth-order valence-corrected chi connectivity index (χ4v) is 1.97. The highest BCUT2D eigenvalue weighted by atomic mass is 35.5. The van der Waals surface area contributed by atoms with E-state index < -0.39 is 22.3 Å². The molecule has 0 saturated heterocycles. The molecule has 1 aromatic rings. The van der Waals surface area contributed by atoms with Gasteiger partial charge >= 0.3 is 5.97 Å². The van der Waals surface area contributed by atoms with Crippen LogP contribution >= 0.6 is 11.6 Å². The van der Waals surface area contributed by atoms with E-state index >= 15 is 0 Å². The molecular formula is C13H15ClN2O5. The van der Waals surface area contributed by atoms with E-state index in [1.807, 2.05) is 0 Å². The van der Waals surface area contributed by atoms with Crippen molar-refractivity contribution >= 4 is 29.2 Å². The smallest absolute Gasteiger partial charge is 0.303 e. The van der Waals surface area contributed by atoms with Crippen LogP contribution in [0.25, 0.3) is 0 Å². The van der Waals surface area contributed by atoms with Crippen LogP contribution in [0.5, 0.6) is 0 Å². The summed E-state index contributed by atoms with van der Waals surface area (Å²) < 4.78 is 0. The number of aliphatic carboxylic acids is 1. The molecule has 0 atom stereocenters. The molecule has 0 saturated carbocycles. The second-order valence-electron chi connectivity index (χ2n) is 5.13. The van der Waals surface area contributed by atoms with Crippen molar-refractivity contribution in [3.05, 3.63) is 38.9 Å². The number of nitrogens with zero attached hydrogens (tertiary/aromatic N) is 1. The summed E-state index contributed by atoms with van der Waals surface area (Å²) in [7, 11) is 0. The maximum atomic E-state index is 12.1. The summed E-state index contributed by atoms with van der Waals surface area (Å²) in [5.41, 5.74) is -1.15. The van der Waals surface area contributed by atoms with E-state index in [-0.39, 0.29) is 29.1 Å². The summed E-state index contributed by atoms with van der Waals surface area (Å²) in [6.07, 6.45) is 0.122. The molecule has 1 rings (SSSR count). The van der Waals surface area contributed by atoms with Gasteiger partial charge in [0.1, 0.15) is 5.02 Å². The van der Waals surface area contributed by atoms with Gasteiger partial charge in [0.05, 0.1) is 10.5 Å². The van der Waals surface area contributed by atoms with Gasteiger partial charge in [-0.05, 0) is 26.3 Å². The van der Waals surface area contributed by atoms with Crippen LogP contribution in [0, 0.1) is 10.1 Å². The summed E-state index contributed by atoms with van der Waals surface area (Å²) in [6, 6.07) is 3.94. The number of carbonyl (C=O) groups is 2. The zero-order chi connectivity index (χ0) is 16.2. The van der Waals surface area contributed by atoms with Gasteiger partial charge in [-0.15, -0.1) is 0 Å². The van der Waals surface area contributed by atoms with Crippen LogP contribution < -0.4 is 5.32 Å². The van der Waals surface area contributed by atoms with Gasteiger partial charge in [0.2, 0.25) is 0 Å². The van der Waals surface area contributed by atoms with E-state index in [0.29, 0.717) is 0 Å². The van der Waals surface area contributed by atoms with Gasteiger partial charge in [0, 0.05) is 18.0 Å². The first kappa shape index (κ1) is 16.9. The number of rotatable bonds is 6. The number of nitro groups is 1. The lowest BCUT2D eigenvalue weighted by atomic mass is 9.97. The van der Waals surface area contributed by atoms with Crippen LogP contribution in [0.4, 0.5) is 5.69 Å². The Morgan fingerprint density at radius 1 is 1.43 bits per heavy atom. The molecular weight excluding hydrogens is 300 g/mol. The van der Waals surface area contributed by atoms with Crippen molar-refractivity contribution < 1.29 is 19.6 Å². The second kappa shape index (κ2) is 6.53. The molecule has 21 heavy (non-hydrogen) atoms. The number of amides is 1. The molecule has 0 aliphatic heterocycles. The Balaban J connectivity index is 2.92. The van der Waals surface area contributed by atoms with Crippen molar-refractivity contribution in [3.8, 4) is 0 Å². The largest absolute Gasteiger partial charge is 0.481 e. The lowest BCUT2D eigenvalue weighted by molar-refractivity contribution is -0.384. The van der Waals surface area contributed by atoms with Gasteiger partial charge in [0.25, 0.3) is 11.6 Å². The molecule has 0 aliphatic carbocycles. The first-order valence-corrected chi connectivity index (χ1v) is 6.49. The SMILES string of the molecule is CC(C)(CCC(=O)O)NC(=O)c1cccc([N+](=O)[O-])c1Cl. The molecule has 114 valence electrons. The molecule has 0 aliphatic rings. The molecule has 8 heteroatoms. The van der Waals surface area contributed by atoms with Crippen molar-refractivity contribution in [1.29, 1.82) is 0 Å². The average Bonchev–Trinajstić information content (AvgIpc) is 2.35. The molecule has 0 heterocycles. The highest BCUT2D eigenvalue weighted by Crippen LogP contribution is 2.28. The topological polar surface area (TPSA) is 110 Å². The van der Waals surface area contributed by atoms with E-state index in [2.05, 4.69) is 5.32 Å². The number of nitro benzene ring substituents is 1. The predicted molar refractivity (Wildman–Crippen MR) is 76.5 cm³/mol. The fraction of sp³-hybridized carbons (Fsp3) is 0.385. The molecule has 2 N–H and O–H groups in total. The number of benzene rings is 1. The number of carboxylic acid groups (broad SMARTS) is 1. The van der Waals surface area contributed by atoms with E-state index in [1.54, 1.807) is 13.8 Å². The number of hydrogen-bond donors (Lipinski definition) is 2. The molecule has 0 radical (unpaired) electrons. The zero-order valence-electron chi connectivity index (χ0n) is 11.6. The Labute approximate surface area is 126 Å². The van der Waals surface area contributed by atoms with Crippen LogP contribution in [0.3, 0.4) is 0 Å². The van der Waals surface area contributed by atoms with Crippen molar-refractivity contribution in [2.45, 2.75) is 32.2 Å². The maximum absolute atomic E-state index is 12.1. The molecule has 0 aromatic heterocycles. The van der Waals surface area contributed by atoms with E-state index in [0.717, 1.165) is 0 Å². The lowest BCUT2D eigenvalue weighted by Gasteiger charge is -2.25. The molecule has 0 fully saturated rings. The monoisotopic (exact) mass is 314 g/mol. The minimum atomic E-state index is -0.967. The fourth-order valence-electron chi connectivity index (χ4n) is 1.69. The Morgan fingerprint density at radius 3 is 2.57 bits per heavy atom. The number of hydrogen-bond acceptors (Lipinski definition) is 4. The standard InChI is InChI=1S/C13H15ClN2O5/c1-13(2,7-6-10(17)18)15-12(19)8-4-3-5-9(11(8)14)16(20)21/h3-5H,6-7H2,1-2H3,(H,15,19)(H,17,18). The third-order valence-corrected chi connectivity index (χ3v) is 3.23. The van der Waals surface area contributed by atoms with Gasteiger partial charge < -0.3 is 10.4 Å². The maximum Gasteiger partial charge on any atom is 0.303 e. The van der Waals surface area contributed by atoms with E-state index in [9.17, 15) is 19.7 Å². The van der Waals surface area contributed by atoms with Crippen molar-refractivity contribution in [2.75, 3.05) is 0 Å². The number of nitrogens with one attached hydrogen (secondary N) is 1. The summed E-state index contributed by atoms with van der Waals surface area (Å²) >= 11 is 5.86. The Morgan fingerprint density at radius 2 is 2.05 bits per heavy atom. The van der Waals surface area contributed by atoms with Crippen LogP contribution in [0.2, 0.25) is 5.02 Å². The summed E-state index contributed by atoms with van der Waals surface area (Å²) in [5, 5.41) is 21.8. The third-order valence-electron chi connectivity index (χ3n) is 2.84. The molecule has 1 amide bonds. The summed E-state index contributed by atoms with van der Waals surface area (Å²) in [5.74, 6) is -1.55. The minimum Gasteiger partial charge on any atom is -0.481 e. The first-order valence-electron chi connectivity index (χ1n) is 6.11. The van der Waals surface area contributed by atoms with E-state index in [1.165, 1.54) is 18.2 Å². The summed E-state index contributed by atoms with van der Waals surface area (Å²) in [6.45, 7) is 3.33. The molecule has 1 aromatic carbocycles. The molecule has 7 nitrogen and oxygen atoms in total. The molecule has 0 bridgehead atoms. The lowest BCUT2D eigenvalue weighted by Crippen LogP contribution is -2.43. The van der Waals surface area contributed by atoms with Crippen LogP contribution in [-0.4, -0.2) is 27.4 Å². The zero-order valence-corrected chi connectivity index (χ0v) is 12.3. The van der Waals surface area contributed by atoms with Gasteiger partial charge in [0.15, 0.2) is 0 Å². The Bertz CT molecular complexity index is 586. The first-order chi connectivity index (χ1) is 9.64. The van der Waals surface area contributed by atoms with Crippen LogP contribution in [0.15, 0.2) is 18.2 Å². The molecule has 0 unspecified atom stereocenters.